The highest BCUT2D eigenvalue weighted by Gasteiger charge is 2.85. The highest BCUT2D eigenvalue weighted by Crippen LogP contribution is 2.74. The van der Waals surface area contributed by atoms with Crippen molar-refractivity contribution in [2.45, 2.75) is 117 Å². The minimum Gasteiger partial charge on any atom is -0.458 e. The van der Waals surface area contributed by atoms with Crippen molar-refractivity contribution in [1.82, 2.24) is 0 Å². The second kappa shape index (κ2) is 10.4. The fourth-order valence-electron chi connectivity index (χ4n) is 8.87. The first-order valence-electron chi connectivity index (χ1n) is 15.3. The molecule has 232 valence electrons. The number of rotatable bonds is 6. The number of epoxide rings is 1. The molecular formula is C32H44O10. The van der Waals surface area contributed by atoms with Crippen molar-refractivity contribution >= 4 is 17.9 Å². The Morgan fingerprint density at radius 2 is 1.60 bits per heavy atom. The maximum absolute atomic E-state index is 13.4. The Hall–Kier alpha value is -2.27. The number of allylic oxidation sites excluding steroid dienone is 2. The molecule has 5 saturated heterocycles. The normalized spacial score (nSPS) is 47.5. The summed E-state index contributed by atoms with van der Waals surface area (Å²) in [6.45, 7) is 13.6. The van der Waals surface area contributed by atoms with Crippen LogP contribution in [0.4, 0.5) is 0 Å². The molecule has 0 N–H and O–H groups in total. The van der Waals surface area contributed by atoms with E-state index in [1.54, 1.807) is 39.8 Å². The van der Waals surface area contributed by atoms with Crippen molar-refractivity contribution in [2.24, 2.45) is 28.6 Å². The number of carbonyl (C=O) groups excluding carboxylic acids is 3. The summed E-state index contributed by atoms with van der Waals surface area (Å²) < 4.78 is 44.2. The van der Waals surface area contributed by atoms with Gasteiger partial charge in [-0.1, -0.05) is 26.0 Å². The van der Waals surface area contributed by atoms with E-state index >= 15 is 0 Å². The Kier molecular flexibility index (Phi) is 7.39. The van der Waals surface area contributed by atoms with Crippen LogP contribution in [0.25, 0.3) is 0 Å². The highest BCUT2D eigenvalue weighted by atomic mass is 16.7. The molecule has 2 spiro atoms. The van der Waals surface area contributed by atoms with Crippen LogP contribution in [-0.4, -0.2) is 73.7 Å². The number of esters is 3. The fourth-order valence-corrected chi connectivity index (χ4v) is 8.87. The van der Waals surface area contributed by atoms with E-state index in [1.165, 1.54) is 6.92 Å². The van der Waals surface area contributed by atoms with E-state index in [0.29, 0.717) is 37.2 Å². The van der Waals surface area contributed by atoms with Crippen LogP contribution >= 0.6 is 0 Å². The summed E-state index contributed by atoms with van der Waals surface area (Å²) >= 11 is 0. The van der Waals surface area contributed by atoms with E-state index in [4.69, 9.17) is 33.2 Å². The smallest absolute Gasteiger partial charge is 0.335 e. The second-order valence-corrected chi connectivity index (χ2v) is 13.4. The van der Waals surface area contributed by atoms with E-state index in [9.17, 15) is 14.4 Å². The molecule has 10 heteroatoms. The molecule has 5 heterocycles. The quantitative estimate of drug-likeness (QED) is 0.195. The maximum atomic E-state index is 13.4. The van der Waals surface area contributed by atoms with Crippen LogP contribution in [0.15, 0.2) is 23.3 Å². The Labute approximate surface area is 247 Å². The second-order valence-electron chi connectivity index (χ2n) is 13.4. The van der Waals surface area contributed by atoms with Gasteiger partial charge in [0.1, 0.15) is 17.1 Å². The van der Waals surface area contributed by atoms with Gasteiger partial charge in [-0.05, 0) is 52.9 Å². The van der Waals surface area contributed by atoms with Crippen LogP contribution in [0.1, 0.15) is 74.1 Å². The zero-order chi connectivity index (χ0) is 30.2. The molecule has 42 heavy (non-hydrogen) atoms. The molecule has 7 fully saturated rings. The highest BCUT2D eigenvalue weighted by molar-refractivity contribution is 5.88. The van der Waals surface area contributed by atoms with E-state index in [1.807, 2.05) is 0 Å². The molecule has 7 aliphatic rings. The molecular weight excluding hydrogens is 544 g/mol. The van der Waals surface area contributed by atoms with Crippen LogP contribution < -0.4 is 0 Å². The zero-order valence-corrected chi connectivity index (χ0v) is 25.7. The lowest BCUT2D eigenvalue weighted by molar-refractivity contribution is -0.388. The van der Waals surface area contributed by atoms with Gasteiger partial charge in [-0.2, -0.15) is 0 Å². The molecule has 10 nitrogen and oxygen atoms in total. The van der Waals surface area contributed by atoms with Gasteiger partial charge in [0, 0.05) is 41.7 Å². The van der Waals surface area contributed by atoms with Crippen molar-refractivity contribution in [1.29, 1.82) is 0 Å². The minimum absolute atomic E-state index is 0.204. The van der Waals surface area contributed by atoms with Gasteiger partial charge in [0.15, 0.2) is 12.4 Å². The van der Waals surface area contributed by atoms with Crippen molar-refractivity contribution in [3.05, 3.63) is 23.3 Å². The Morgan fingerprint density at radius 1 is 0.929 bits per heavy atom. The predicted molar refractivity (Wildman–Crippen MR) is 147 cm³/mol. The summed E-state index contributed by atoms with van der Waals surface area (Å²) in [5.41, 5.74) is -1.64. The lowest BCUT2D eigenvalue weighted by Crippen LogP contribution is -2.80. The van der Waals surface area contributed by atoms with Gasteiger partial charge in [-0.3, -0.25) is 4.79 Å². The average Bonchev–Trinajstić information content (AvgIpc) is 3.37. The predicted octanol–water partition coefficient (Wildman–Crippen LogP) is 4.00. The fraction of sp³-hybridized carbons (Fsp3) is 0.781. The molecule has 0 aromatic rings. The Bertz CT molecular complexity index is 1190. The van der Waals surface area contributed by atoms with Crippen molar-refractivity contribution in [2.75, 3.05) is 13.2 Å². The van der Waals surface area contributed by atoms with Gasteiger partial charge in [-0.15, -0.1) is 0 Å². The number of hydrogen-bond donors (Lipinski definition) is 0. The van der Waals surface area contributed by atoms with E-state index < -0.39 is 52.8 Å². The monoisotopic (exact) mass is 588 g/mol. The van der Waals surface area contributed by atoms with Gasteiger partial charge in [0.2, 0.25) is 6.29 Å². The minimum atomic E-state index is -1.14. The van der Waals surface area contributed by atoms with Crippen molar-refractivity contribution in [3.8, 4) is 0 Å². The van der Waals surface area contributed by atoms with E-state index in [2.05, 4.69) is 13.8 Å². The number of carbonyl (C=O) groups is 3. The van der Waals surface area contributed by atoms with Crippen LogP contribution in [-0.2, 0) is 47.5 Å². The molecule has 2 saturated carbocycles. The molecule has 0 aromatic heterocycles. The molecule has 2 aliphatic carbocycles. The van der Waals surface area contributed by atoms with Crippen molar-refractivity contribution in [3.63, 3.8) is 0 Å². The van der Waals surface area contributed by atoms with Gasteiger partial charge in [-0.25, -0.2) is 9.59 Å². The largest absolute Gasteiger partial charge is 0.458 e. The van der Waals surface area contributed by atoms with Gasteiger partial charge >= 0.3 is 17.9 Å². The number of fused-ring (bicyclic) bond motifs is 2. The molecule has 7 rings (SSSR count). The summed E-state index contributed by atoms with van der Waals surface area (Å²) in [7, 11) is 0. The first-order valence-corrected chi connectivity index (χ1v) is 15.3. The third-order valence-electron chi connectivity index (χ3n) is 11.5. The molecule has 0 unspecified atom stereocenters. The lowest BCUT2D eigenvalue weighted by atomic mass is 9.40. The standard InChI is InChI=1S/C32H44O10/c1-8-16(3)26(34)41-24-18(5)30(7,23-12-20-10-11-36-28(20)40-23)22-13-21-14-31(15-37-31)32(22,25(24)38-19(6)33)29(39-21)42-27(35)17(4)9-2/h8-9,18,20-25,28-29H,10-15H2,1-7H3/b16-8+,17-9+/t18-,20-,21-,22-,23-,24-,25+,28+,29-,30+,31+,32+/m1/s1. The first kappa shape index (κ1) is 29.8. The van der Waals surface area contributed by atoms with E-state index in [-0.39, 0.29) is 36.3 Å². The molecule has 12 atom stereocenters. The lowest BCUT2D eigenvalue weighted by Gasteiger charge is -2.70. The number of hydrogen-bond acceptors (Lipinski definition) is 10. The van der Waals surface area contributed by atoms with Gasteiger partial charge < -0.3 is 33.2 Å². The third kappa shape index (κ3) is 4.15. The van der Waals surface area contributed by atoms with E-state index in [0.717, 1.165) is 12.8 Å². The first-order chi connectivity index (χ1) is 19.9. The molecule has 0 radical (unpaired) electrons. The summed E-state index contributed by atoms with van der Waals surface area (Å²) in [5, 5.41) is 0. The summed E-state index contributed by atoms with van der Waals surface area (Å²) in [6, 6.07) is 0. The van der Waals surface area contributed by atoms with Crippen LogP contribution in [0.3, 0.4) is 0 Å². The average molecular weight is 589 g/mol. The van der Waals surface area contributed by atoms with Gasteiger partial charge in [0.05, 0.1) is 25.4 Å². The Morgan fingerprint density at radius 3 is 2.19 bits per heavy atom. The SMILES string of the molecule is C/C=C(\C)C(=O)O[C@@H]1[C@@H](C)[C@](C)([C@H]2C[C@H]3CCO[C@H]3O2)[C@H]2C[C@@H]3C[C@]4(CO4)[C@]2([C@@H](OC(=O)/C(C)=C/C)O3)[C@H]1OC(C)=O. The maximum Gasteiger partial charge on any atom is 0.335 e. The third-order valence-corrected chi connectivity index (χ3v) is 11.5. The van der Waals surface area contributed by atoms with Crippen molar-refractivity contribution < 1.29 is 47.5 Å². The summed E-state index contributed by atoms with van der Waals surface area (Å²) in [4.78, 5) is 39.5. The van der Waals surface area contributed by atoms with Crippen LogP contribution in [0, 0.1) is 28.6 Å². The topological polar surface area (TPSA) is 119 Å². The molecule has 2 bridgehead atoms. The van der Waals surface area contributed by atoms with Crippen LogP contribution in [0.5, 0.6) is 0 Å². The molecule has 0 aromatic carbocycles. The Balaban J connectivity index is 1.53. The van der Waals surface area contributed by atoms with Gasteiger partial charge in [0.25, 0.3) is 0 Å². The zero-order valence-electron chi connectivity index (χ0n) is 25.7. The molecule has 0 amide bonds. The molecule has 5 aliphatic heterocycles. The number of ether oxygens (including phenoxy) is 7. The summed E-state index contributed by atoms with van der Waals surface area (Å²) in [5.74, 6) is -1.75. The van der Waals surface area contributed by atoms with Crippen LogP contribution in [0.2, 0.25) is 0 Å². The summed E-state index contributed by atoms with van der Waals surface area (Å²) in [6.07, 6.45) is 2.64.